The van der Waals surface area contributed by atoms with E-state index in [0.717, 1.165) is 0 Å². The molecule has 1 rings (SSSR count). The van der Waals surface area contributed by atoms with Gasteiger partial charge in [-0.2, -0.15) is 0 Å². The fourth-order valence-electron chi connectivity index (χ4n) is 7.25. The highest BCUT2D eigenvalue weighted by Gasteiger charge is 2.24. The summed E-state index contributed by atoms with van der Waals surface area (Å²) in [7, 11) is 0. The molecule has 0 saturated heterocycles. The first-order chi connectivity index (χ1) is 21.8. The molecule has 1 unspecified atom stereocenters. The van der Waals surface area contributed by atoms with Gasteiger partial charge in [-0.05, 0) is 25.7 Å². The molecule has 1 heterocycles. The van der Waals surface area contributed by atoms with Gasteiger partial charge in [0.05, 0.1) is 0 Å². The molecule has 0 amide bonds. The molecule has 0 aromatic heterocycles. The van der Waals surface area contributed by atoms with E-state index in [1.165, 1.54) is 231 Å². The fraction of sp³-hybridized carbons (Fsp3) is 0.952. The summed E-state index contributed by atoms with van der Waals surface area (Å²) in [5.74, 6) is 0. The molecule has 0 aromatic carbocycles. The van der Waals surface area contributed by atoms with E-state index < -0.39 is 0 Å². The van der Waals surface area contributed by atoms with Gasteiger partial charge in [-0.1, -0.05) is 213 Å². The van der Waals surface area contributed by atoms with Gasteiger partial charge in [0.15, 0.2) is 0 Å². The number of nitrogens with zero attached hydrogens (tertiary/aromatic N) is 2. The lowest BCUT2D eigenvalue weighted by Gasteiger charge is -2.33. The Kier molecular flexibility index (Phi) is 31.7. The van der Waals surface area contributed by atoms with Crippen LogP contribution in [0.25, 0.3) is 0 Å². The normalized spacial score (nSPS) is 14.8. The maximum atomic E-state index is 2.72. The van der Waals surface area contributed by atoms with Crippen LogP contribution in [-0.2, 0) is 0 Å². The number of hydrogen-bond donors (Lipinski definition) is 0. The monoisotopic (exact) mass is 617 g/mol. The third kappa shape index (κ3) is 25.5. The first kappa shape index (κ1) is 41.4. The standard InChI is InChI=1S/C42H84N2/c1-4-7-10-13-16-18-20-21-22-23-24-25-26-28-30-33-36-39-44-41-40-43(42(44)37-34-31-15-12-9-6-3)38-35-32-29-27-19-17-14-11-8-5-2/h40-42H,4-39H2,1-3H3. The third-order valence-electron chi connectivity index (χ3n) is 10.3. The van der Waals surface area contributed by atoms with Gasteiger partial charge in [0, 0.05) is 25.5 Å². The summed E-state index contributed by atoms with van der Waals surface area (Å²) in [6.45, 7) is 9.49. The molecule has 1 atom stereocenters. The van der Waals surface area contributed by atoms with Crippen LogP contribution in [0.4, 0.5) is 0 Å². The van der Waals surface area contributed by atoms with E-state index in [0.29, 0.717) is 6.17 Å². The number of rotatable bonds is 36. The zero-order valence-electron chi connectivity index (χ0n) is 31.1. The molecule has 0 aromatic rings. The molecule has 2 heteroatoms. The maximum Gasteiger partial charge on any atom is 0.101 e. The van der Waals surface area contributed by atoms with Crippen molar-refractivity contribution >= 4 is 0 Å². The molecule has 1 aliphatic heterocycles. The summed E-state index contributed by atoms with van der Waals surface area (Å²) < 4.78 is 0. The van der Waals surface area contributed by atoms with Crippen LogP contribution in [0.2, 0.25) is 0 Å². The average molecular weight is 617 g/mol. The van der Waals surface area contributed by atoms with Gasteiger partial charge >= 0.3 is 0 Å². The minimum atomic E-state index is 0.640. The smallest absolute Gasteiger partial charge is 0.101 e. The van der Waals surface area contributed by atoms with E-state index in [2.05, 4.69) is 43.0 Å². The molecule has 44 heavy (non-hydrogen) atoms. The van der Waals surface area contributed by atoms with E-state index in [-0.39, 0.29) is 0 Å². The fourth-order valence-corrected chi connectivity index (χ4v) is 7.25. The molecular weight excluding hydrogens is 532 g/mol. The highest BCUT2D eigenvalue weighted by molar-refractivity contribution is 4.97. The Morgan fingerprint density at radius 3 is 0.795 bits per heavy atom. The van der Waals surface area contributed by atoms with Crippen LogP contribution in [0.15, 0.2) is 12.4 Å². The van der Waals surface area contributed by atoms with Crippen LogP contribution in [0.5, 0.6) is 0 Å². The minimum absolute atomic E-state index is 0.640. The lowest BCUT2D eigenvalue weighted by molar-refractivity contribution is 0.135. The second-order valence-corrected chi connectivity index (χ2v) is 14.6. The molecular formula is C42H84N2. The molecule has 0 spiro atoms. The Balaban J connectivity index is 2.11. The number of hydrogen-bond acceptors (Lipinski definition) is 2. The Labute approximate surface area is 280 Å². The van der Waals surface area contributed by atoms with Gasteiger partial charge in [0.2, 0.25) is 0 Å². The van der Waals surface area contributed by atoms with Crippen LogP contribution in [0.1, 0.15) is 239 Å². The van der Waals surface area contributed by atoms with E-state index in [1.54, 1.807) is 0 Å². The molecule has 0 fully saturated rings. The van der Waals surface area contributed by atoms with Crippen LogP contribution in [-0.4, -0.2) is 29.1 Å². The van der Waals surface area contributed by atoms with Crippen molar-refractivity contribution in [1.82, 2.24) is 9.80 Å². The third-order valence-corrected chi connectivity index (χ3v) is 10.3. The number of unbranched alkanes of at least 4 members (excludes halogenated alkanes) is 30. The summed E-state index contributed by atoms with van der Waals surface area (Å²) in [5, 5.41) is 0. The zero-order chi connectivity index (χ0) is 31.6. The van der Waals surface area contributed by atoms with Crippen molar-refractivity contribution in [3.05, 3.63) is 12.4 Å². The van der Waals surface area contributed by atoms with E-state index in [1.807, 2.05) is 0 Å². The van der Waals surface area contributed by atoms with Crippen molar-refractivity contribution in [2.24, 2.45) is 0 Å². The topological polar surface area (TPSA) is 6.48 Å². The Morgan fingerprint density at radius 2 is 0.523 bits per heavy atom. The predicted octanol–water partition coefficient (Wildman–Crippen LogP) is 14.7. The predicted molar refractivity (Wildman–Crippen MR) is 200 cm³/mol. The quantitative estimate of drug-likeness (QED) is 0.0646. The zero-order valence-corrected chi connectivity index (χ0v) is 31.1. The van der Waals surface area contributed by atoms with Crippen molar-refractivity contribution in [2.75, 3.05) is 13.1 Å². The van der Waals surface area contributed by atoms with Gasteiger partial charge in [0.1, 0.15) is 6.17 Å². The highest BCUT2D eigenvalue weighted by Crippen LogP contribution is 2.24. The lowest BCUT2D eigenvalue weighted by atomic mass is 10.0. The summed E-state index contributed by atoms with van der Waals surface area (Å²) >= 11 is 0. The second kappa shape index (κ2) is 33.7. The summed E-state index contributed by atoms with van der Waals surface area (Å²) in [6.07, 6.45) is 54.4. The van der Waals surface area contributed by atoms with Crippen molar-refractivity contribution in [3.63, 3.8) is 0 Å². The Hall–Kier alpha value is -0.660. The molecule has 0 aliphatic carbocycles. The Bertz CT molecular complexity index is 572. The van der Waals surface area contributed by atoms with Gasteiger partial charge in [-0.3, -0.25) is 0 Å². The van der Waals surface area contributed by atoms with Crippen molar-refractivity contribution in [2.45, 2.75) is 245 Å². The van der Waals surface area contributed by atoms with E-state index >= 15 is 0 Å². The van der Waals surface area contributed by atoms with Crippen molar-refractivity contribution in [1.29, 1.82) is 0 Å². The maximum absolute atomic E-state index is 2.72. The SMILES string of the molecule is CCCCCCCCCCCCCCCCCCCN1C=CN(CCCCCCCCCCCC)C1CCCCCCCC. The van der Waals surface area contributed by atoms with Gasteiger partial charge in [-0.15, -0.1) is 0 Å². The van der Waals surface area contributed by atoms with Gasteiger partial charge in [-0.25, -0.2) is 0 Å². The van der Waals surface area contributed by atoms with Crippen LogP contribution >= 0.6 is 0 Å². The minimum Gasteiger partial charge on any atom is -0.356 e. The van der Waals surface area contributed by atoms with Crippen molar-refractivity contribution < 1.29 is 0 Å². The van der Waals surface area contributed by atoms with E-state index in [9.17, 15) is 0 Å². The average Bonchev–Trinajstić information content (AvgIpc) is 3.42. The first-order valence-corrected chi connectivity index (χ1v) is 21.0. The summed E-state index contributed by atoms with van der Waals surface area (Å²) in [4.78, 5) is 5.43. The molecule has 0 bridgehead atoms. The van der Waals surface area contributed by atoms with Crippen molar-refractivity contribution in [3.8, 4) is 0 Å². The summed E-state index contributed by atoms with van der Waals surface area (Å²) in [6, 6.07) is 0. The van der Waals surface area contributed by atoms with Gasteiger partial charge in [0.25, 0.3) is 0 Å². The molecule has 0 saturated carbocycles. The molecule has 0 radical (unpaired) electrons. The first-order valence-electron chi connectivity index (χ1n) is 21.0. The molecule has 0 N–H and O–H groups in total. The molecule has 2 nitrogen and oxygen atoms in total. The van der Waals surface area contributed by atoms with Crippen LogP contribution < -0.4 is 0 Å². The van der Waals surface area contributed by atoms with Gasteiger partial charge < -0.3 is 9.80 Å². The van der Waals surface area contributed by atoms with Crippen LogP contribution in [0.3, 0.4) is 0 Å². The summed E-state index contributed by atoms with van der Waals surface area (Å²) in [5.41, 5.74) is 0. The second-order valence-electron chi connectivity index (χ2n) is 14.6. The lowest BCUT2D eigenvalue weighted by Crippen LogP contribution is -2.39. The molecule has 1 aliphatic rings. The highest BCUT2D eigenvalue weighted by atomic mass is 15.4. The molecule has 262 valence electrons. The van der Waals surface area contributed by atoms with E-state index in [4.69, 9.17) is 0 Å². The Morgan fingerprint density at radius 1 is 0.295 bits per heavy atom. The largest absolute Gasteiger partial charge is 0.356 e. The van der Waals surface area contributed by atoms with Crippen LogP contribution in [0, 0.1) is 0 Å².